The van der Waals surface area contributed by atoms with Gasteiger partial charge in [0.1, 0.15) is 5.82 Å². The number of hydrogen-bond donors (Lipinski definition) is 2. The van der Waals surface area contributed by atoms with E-state index < -0.39 is 5.97 Å². The van der Waals surface area contributed by atoms with E-state index in [-0.39, 0.29) is 17.9 Å². The summed E-state index contributed by atoms with van der Waals surface area (Å²) in [5.41, 5.74) is 5.12. The summed E-state index contributed by atoms with van der Waals surface area (Å²) in [4.78, 5) is 33.7. The Morgan fingerprint density at radius 2 is 1.73 bits per heavy atom. The fourth-order valence-corrected chi connectivity index (χ4v) is 4.82. The molecule has 7 nitrogen and oxygen atoms in total. The largest absolute Gasteiger partial charge is 0.478 e. The zero-order valence-electron chi connectivity index (χ0n) is 23.4. The van der Waals surface area contributed by atoms with Crippen molar-refractivity contribution in [3.63, 3.8) is 0 Å². The van der Waals surface area contributed by atoms with Gasteiger partial charge in [0.25, 0.3) is 0 Å². The number of carbonyl (C=O) groups excluding carboxylic acids is 1. The Morgan fingerprint density at radius 1 is 0.900 bits per heavy atom. The molecule has 0 unspecified atom stereocenters. The Balaban J connectivity index is 0.00000181. The number of nitrogens with zero attached hydrogens (tertiary/aromatic N) is 3. The van der Waals surface area contributed by atoms with E-state index in [0.29, 0.717) is 5.52 Å². The lowest BCUT2D eigenvalue weighted by Gasteiger charge is -2.11. The van der Waals surface area contributed by atoms with Gasteiger partial charge in [0.15, 0.2) is 0 Å². The zero-order valence-corrected chi connectivity index (χ0v) is 23.4. The second kappa shape index (κ2) is 13.5. The molecule has 0 fully saturated rings. The maximum atomic E-state index is 13.0. The van der Waals surface area contributed by atoms with Gasteiger partial charge in [-0.25, -0.2) is 9.78 Å². The molecule has 0 radical (unpaired) electrons. The number of carboxylic acid groups (broad SMARTS) is 1. The molecule has 2 N–H and O–H groups in total. The van der Waals surface area contributed by atoms with Crippen LogP contribution in [0.2, 0.25) is 0 Å². The highest BCUT2D eigenvalue weighted by atomic mass is 16.4. The minimum atomic E-state index is -0.971. The molecule has 40 heavy (non-hydrogen) atoms. The first-order chi connectivity index (χ1) is 19.5. The molecule has 0 saturated heterocycles. The summed E-state index contributed by atoms with van der Waals surface area (Å²) < 4.78 is 2.17. The lowest BCUT2D eigenvalue weighted by atomic mass is 10.1. The van der Waals surface area contributed by atoms with Crippen molar-refractivity contribution >= 4 is 39.5 Å². The lowest BCUT2D eigenvalue weighted by Crippen LogP contribution is -2.14. The second-order valence-electron chi connectivity index (χ2n) is 9.46. The van der Waals surface area contributed by atoms with Crippen molar-refractivity contribution in [3.05, 3.63) is 90.1 Å². The van der Waals surface area contributed by atoms with Gasteiger partial charge in [-0.1, -0.05) is 64.3 Å². The molecule has 7 heteroatoms. The minimum absolute atomic E-state index is 0.113. The van der Waals surface area contributed by atoms with Gasteiger partial charge in [-0.3, -0.25) is 9.78 Å². The molecule has 1 amide bonds. The van der Waals surface area contributed by atoms with Gasteiger partial charge in [0.2, 0.25) is 5.91 Å². The van der Waals surface area contributed by atoms with E-state index >= 15 is 0 Å². The number of unbranched alkanes of at least 4 members (excludes halogenated alkanes) is 3. The molecule has 0 bridgehead atoms. The predicted molar refractivity (Wildman–Crippen MR) is 162 cm³/mol. The fourth-order valence-electron chi connectivity index (χ4n) is 4.82. The van der Waals surface area contributed by atoms with Crippen LogP contribution in [-0.2, 0) is 17.8 Å². The van der Waals surface area contributed by atoms with Gasteiger partial charge in [0, 0.05) is 23.7 Å². The van der Waals surface area contributed by atoms with Gasteiger partial charge < -0.3 is 15.0 Å². The monoisotopic (exact) mass is 536 g/mol. The number of imidazole rings is 1. The summed E-state index contributed by atoms with van der Waals surface area (Å²) in [6, 6.07) is 22.4. The first-order valence-electron chi connectivity index (χ1n) is 14.0. The Kier molecular flexibility index (Phi) is 9.62. The first-order valence-corrected chi connectivity index (χ1v) is 14.0. The van der Waals surface area contributed by atoms with Crippen molar-refractivity contribution in [2.75, 3.05) is 5.32 Å². The van der Waals surface area contributed by atoms with Crippen LogP contribution in [0.5, 0.6) is 0 Å². The smallest absolute Gasteiger partial charge is 0.335 e. The van der Waals surface area contributed by atoms with Crippen LogP contribution < -0.4 is 5.32 Å². The van der Waals surface area contributed by atoms with E-state index in [1.807, 2.05) is 74.5 Å². The average Bonchev–Trinajstić information content (AvgIpc) is 3.34. The van der Waals surface area contributed by atoms with Crippen LogP contribution in [-0.4, -0.2) is 31.5 Å². The fraction of sp³-hybridized carbons (Fsp3) is 0.273. The number of anilines is 1. The third-order valence-electron chi connectivity index (χ3n) is 6.70. The van der Waals surface area contributed by atoms with E-state index in [9.17, 15) is 14.7 Å². The molecule has 0 saturated carbocycles. The molecule has 0 aliphatic rings. The summed E-state index contributed by atoms with van der Waals surface area (Å²) in [7, 11) is 0. The van der Waals surface area contributed by atoms with Crippen LogP contribution in [0.1, 0.15) is 62.4 Å². The molecular formula is C33H36N4O3. The summed E-state index contributed by atoms with van der Waals surface area (Å²) >= 11 is 0. The number of rotatable bonds is 10. The Morgan fingerprint density at radius 3 is 2.52 bits per heavy atom. The van der Waals surface area contributed by atoms with Crippen molar-refractivity contribution in [1.82, 2.24) is 14.5 Å². The zero-order chi connectivity index (χ0) is 28.5. The lowest BCUT2D eigenvalue weighted by molar-refractivity contribution is -0.115. The van der Waals surface area contributed by atoms with Crippen molar-refractivity contribution < 1.29 is 14.7 Å². The van der Waals surface area contributed by atoms with Crippen LogP contribution in [0.4, 0.5) is 5.69 Å². The third kappa shape index (κ3) is 6.54. The van der Waals surface area contributed by atoms with Crippen molar-refractivity contribution in [1.29, 1.82) is 0 Å². The van der Waals surface area contributed by atoms with Crippen LogP contribution in [0.3, 0.4) is 0 Å². The molecule has 5 aromatic rings. The number of carboxylic acids is 1. The minimum Gasteiger partial charge on any atom is -0.478 e. The molecule has 5 rings (SSSR count). The van der Waals surface area contributed by atoms with Crippen LogP contribution in [0.15, 0.2) is 79.0 Å². The Hall–Kier alpha value is -4.52. The van der Waals surface area contributed by atoms with Gasteiger partial charge in [-0.05, 0) is 60.5 Å². The van der Waals surface area contributed by atoms with Gasteiger partial charge in [0.05, 0.1) is 34.2 Å². The standard InChI is InChI=1S/C31H30N4O3.C2H6/c1-2-3-4-5-17-35-28-15-14-23(31(37)38)20-27(28)34-30(35)22-10-6-9-21(18-22)19-29(36)33-26-13-7-12-25-24(26)11-8-16-32-25;1-2/h6-16,18,20H,2-5,17,19H2,1H3,(H,33,36)(H,37,38);1-2H3. The molecule has 0 aliphatic carbocycles. The van der Waals surface area contributed by atoms with Crippen molar-refractivity contribution in [3.8, 4) is 11.4 Å². The highest BCUT2D eigenvalue weighted by Gasteiger charge is 2.16. The highest BCUT2D eigenvalue weighted by Crippen LogP contribution is 2.28. The number of aromatic carboxylic acids is 1. The van der Waals surface area contributed by atoms with E-state index in [4.69, 9.17) is 4.98 Å². The molecule has 0 aliphatic heterocycles. The molecule has 0 spiro atoms. The molecule has 2 heterocycles. The average molecular weight is 537 g/mol. The van der Waals surface area contributed by atoms with Crippen molar-refractivity contribution in [2.45, 2.75) is 59.4 Å². The first kappa shape index (κ1) is 28.5. The number of fused-ring (bicyclic) bond motifs is 2. The van der Waals surface area contributed by atoms with Crippen LogP contribution in [0, 0.1) is 0 Å². The number of benzene rings is 3. The molecular weight excluding hydrogens is 500 g/mol. The second-order valence-corrected chi connectivity index (χ2v) is 9.46. The Labute approximate surface area is 234 Å². The number of hydrogen-bond acceptors (Lipinski definition) is 4. The number of aromatic nitrogens is 3. The van der Waals surface area contributed by atoms with Crippen LogP contribution in [0.25, 0.3) is 33.3 Å². The number of amides is 1. The summed E-state index contributed by atoms with van der Waals surface area (Å²) in [6.45, 7) is 6.97. The van der Waals surface area contributed by atoms with E-state index in [0.717, 1.165) is 64.9 Å². The predicted octanol–water partition coefficient (Wildman–Crippen LogP) is 7.74. The molecule has 206 valence electrons. The number of carbonyl (C=O) groups is 2. The Bertz CT molecular complexity index is 1620. The molecule has 3 aromatic carbocycles. The van der Waals surface area contributed by atoms with Gasteiger partial charge in [-0.2, -0.15) is 0 Å². The van der Waals surface area contributed by atoms with E-state index in [2.05, 4.69) is 21.8 Å². The van der Waals surface area contributed by atoms with Crippen molar-refractivity contribution in [2.24, 2.45) is 0 Å². The maximum absolute atomic E-state index is 13.0. The molecule has 2 aromatic heterocycles. The number of aryl methyl sites for hydroxylation is 1. The quantitative estimate of drug-likeness (QED) is 0.178. The third-order valence-corrected chi connectivity index (χ3v) is 6.70. The van der Waals surface area contributed by atoms with E-state index in [1.165, 1.54) is 6.42 Å². The summed E-state index contributed by atoms with van der Waals surface area (Å²) in [5.74, 6) is -0.306. The number of pyridine rings is 1. The summed E-state index contributed by atoms with van der Waals surface area (Å²) in [5, 5.41) is 13.4. The van der Waals surface area contributed by atoms with Gasteiger partial charge >= 0.3 is 5.97 Å². The normalized spacial score (nSPS) is 10.8. The highest BCUT2D eigenvalue weighted by molar-refractivity contribution is 6.01. The number of nitrogens with one attached hydrogen (secondary N) is 1. The molecule has 0 atom stereocenters. The summed E-state index contributed by atoms with van der Waals surface area (Å²) in [6.07, 6.45) is 6.40. The van der Waals surface area contributed by atoms with Gasteiger partial charge in [-0.15, -0.1) is 0 Å². The van der Waals surface area contributed by atoms with E-state index in [1.54, 1.807) is 18.3 Å². The topological polar surface area (TPSA) is 97.1 Å². The maximum Gasteiger partial charge on any atom is 0.335 e. The SMILES string of the molecule is CC.CCCCCCn1c(-c2cccc(CC(=O)Nc3cccc4ncccc34)c2)nc2cc(C(=O)O)ccc21. The van der Waals surface area contributed by atoms with Crippen LogP contribution >= 0.6 is 0 Å².